The van der Waals surface area contributed by atoms with Crippen LogP contribution in [-0.4, -0.2) is 29.6 Å². The Labute approximate surface area is 118 Å². The number of phenolic OH excluding ortho intramolecular Hbond substituents is 1. The van der Waals surface area contributed by atoms with E-state index in [2.05, 4.69) is 5.32 Å². The Balaban J connectivity index is 2.79. The molecule has 0 aliphatic rings. The molecule has 1 rings (SSSR count). The van der Waals surface area contributed by atoms with Gasteiger partial charge >= 0.3 is 6.09 Å². The molecule has 0 saturated carbocycles. The van der Waals surface area contributed by atoms with E-state index in [1.807, 2.05) is 0 Å². The lowest BCUT2D eigenvalue weighted by Crippen LogP contribution is -2.44. The van der Waals surface area contributed by atoms with E-state index < -0.39 is 12.1 Å². The number of alkyl carbamates (subject to hydrolysis) is 1. The number of benzene rings is 1. The summed E-state index contributed by atoms with van der Waals surface area (Å²) in [6.45, 7) is 5.55. The summed E-state index contributed by atoms with van der Waals surface area (Å²) in [5.41, 5.74) is 0.860. The highest BCUT2D eigenvalue weighted by Gasteiger charge is 2.23. The van der Waals surface area contributed by atoms with Crippen molar-refractivity contribution < 1.29 is 19.4 Å². The number of carbonyl (C=O) groups excluding carboxylic acids is 2. The number of aromatic hydroxyl groups is 1. The highest BCUT2D eigenvalue weighted by molar-refractivity contribution is 5.89. The van der Waals surface area contributed by atoms with E-state index in [9.17, 15) is 14.7 Å². The fourth-order valence-electron chi connectivity index (χ4n) is 1.81. The lowest BCUT2D eigenvalue weighted by molar-refractivity contribution is -0.123. The van der Waals surface area contributed by atoms with Crippen LogP contribution < -0.4 is 5.32 Å². The standard InChI is InChI=1S/C15H21NO4/c1-4-20-15(19)16-13(14(18)10(2)3)9-11-5-7-12(17)8-6-11/h5-8,10,13,17H,4,9H2,1-3H3,(H,16,19). The van der Waals surface area contributed by atoms with Gasteiger partial charge in [-0.15, -0.1) is 0 Å². The number of Topliss-reactive ketones (excluding diaryl/α,β-unsaturated/α-hetero) is 1. The third-order valence-corrected chi connectivity index (χ3v) is 2.86. The lowest BCUT2D eigenvalue weighted by atomic mass is 9.96. The molecule has 1 unspecified atom stereocenters. The van der Waals surface area contributed by atoms with Gasteiger partial charge in [0.2, 0.25) is 0 Å². The van der Waals surface area contributed by atoms with E-state index in [-0.39, 0.29) is 24.1 Å². The van der Waals surface area contributed by atoms with Crippen LogP contribution >= 0.6 is 0 Å². The first-order valence-corrected chi connectivity index (χ1v) is 6.69. The Hall–Kier alpha value is -2.04. The summed E-state index contributed by atoms with van der Waals surface area (Å²) in [7, 11) is 0. The molecule has 0 fully saturated rings. The molecule has 0 bridgehead atoms. The first-order valence-electron chi connectivity index (χ1n) is 6.69. The van der Waals surface area contributed by atoms with Gasteiger partial charge in [-0.25, -0.2) is 4.79 Å². The van der Waals surface area contributed by atoms with Gasteiger partial charge in [-0.1, -0.05) is 26.0 Å². The Kier molecular flexibility index (Phi) is 6.03. The number of phenols is 1. The molecule has 1 aromatic rings. The Morgan fingerprint density at radius 3 is 2.35 bits per heavy atom. The second-order valence-corrected chi connectivity index (χ2v) is 4.85. The molecule has 20 heavy (non-hydrogen) atoms. The summed E-state index contributed by atoms with van der Waals surface area (Å²) in [4.78, 5) is 23.6. The SMILES string of the molecule is CCOC(=O)NC(Cc1ccc(O)cc1)C(=O)C(C)C. The van der Waals surface area contributed by atoms with Crippen molar-refractivity contribution in [2.45, 2.75) is 33.2 Å². The van der Waals surface area contributed by atoms with Crippen molar-refractivity contribution in [2.24, 2.45) is 5.92 Å². The molecule has 0 aromatic heterocycles. The van der Waals surface area contributed by atoms with Crippen LogP contribution in [0.25, 0.3) is 0 Å². The summed E-state index contributed by atoms with van der Waals surface area (Å²) in [5.74, 6) is -0.0657. The van der Waals surface area contributed by atoms with E-state index in [4.69, 9.17) is 4.74 Å². The van der Waals surface area contributed by atoms with Crippen LogP contribution in [0.1, 0.15) is 26.3 Å². The molecule has 2 N–H and O–H groups in total. The minimum Gasteiger partial charge on any atom is -0.508 e. The fraction of sp³-hybridized carbons (Fsp3) is 0.467. The van der Waals surface area contributed by atoms with Gasteiger partial charge in [-0.3, -0.25) is 4.79 Å². The average Bonchev–Trinajstić information content (AvgIpc) is 2.39. The van der Waals surface area contributed by atoms with Crippen molar-refractivity contribution in [2.75, 3.05) is 6.61 Å². The average molecular weight is 279 g/mol. The maximum absolute atomic E-state index is 12.1. The normalized spacial score (nSPS) is 12.0. The summed E-state index contributed by atoms with van der Waals surface area (Å²) in [6.07, 6.45) is -0.221. The topological polar surface area (TPSA) is 75.6 Å². The molecule has 1 amide bonds. The van der Waals surface area contributed by atoms with Crippen LogP contribution in [-0.2, 0) is 16.0 Å². The number of ether oxygens (including phenoxy) is 1. The highest BCUT2D eigenvalue weighted by atomic mass is 16.5. The molecule has 1 atom stereocenters. The molecule has 0 radical (unpaired) electrons. The molecule has 5 nitrogen and oxygen atoms in total. The second-order valence-electron chi connectivity index (χ2n) is 4.85. The van der Waals surface area contributed by atoms with Crippen molar-refractivity contribution in [3.8, 4) is 5.75 Å². The zero-order valence-electron chi connectivity index (χ0n) is 12.1. The Morgan fingerprint density at radius 1 is 1.25 bits per heavy atom. The quantitative estimate of drug-likeness (QED) is 0.837. The van der Waals surface area contributed by atoms with Gasteiger partial charge in [-0.05, 0) is 31.0 Å². The first-order chi connectivity index (χ1) is 9.43. The number of hydrogen-bond acceptors (Lipinski definition) is 4. The van der Waals surface area contributed by atoms with Crippen LogP contribution in [0.15, 0.2) is 24.3 Å². The lowest BCUT2D eigenvalue weighted by Gasteiger charge is -2.19. The maximum atomic E-state index is 12.1. The number of ketones is 1. The second kappa shape index (κ2) is 7.53. The number of rotatable bonds is 6. The fourth-order valence-corrected chi connectivity index (χ4v) is 1.81. The molecule has 0 saturated heterocycles. The van der Waals surface area contributed by atoms with Crippen LogP contribution in [0.2, 0.25) is 0 Å². The molecule has 110 valence electrons. The van der Waals surface area contributed by atoms with Gasteiger partial charge in [0.25, 0.3) is 0 Å². The summed E-state index contributed by atoms with van der Waals surface area (Å²) in [6, 6.07) is 5.93. The van der Waals surface area contributed by atoms with Crippen molar-refractivity contribution in [3.05, 3.63) is 29.8 Å². The van der Waals surface area contributed by atoms with Gasteiger partial charge in [0, 0.05) is 5.92 Å². The Morgan fingerprint density at radius 2 is 1.85 bits per heavy atom. The predicted molar refractivity (Wildman–Crippen MR) is 75.6 cm³/mol. The van der Waals surface area contributed by atoms with Crippen LogP contribution in [0, 0.1) is 5.92 Å². The zero-order chi connectivity index (χ0) is 15.1. The van der Waals surface area contributed by atoms with Gasteiger partial charge in [0.1, 0.15) is 5.75 Å². The number of nitrogens with one attached hydrogen (secondary N) is 1. The molecule has 0 heterocycles. The largest absolute Gasteiger partial charge is 0.508 e. The summed E-state index contributed by atoms with van der Waals surface area (Å²) >= 11 is 0. The zero-order valence-corrected chi connectivity index (χ0v) is 12.1. The summed E-state index contributed by atoms with van der Waals surface area (Å²) < 4.78 is 4.82. The van der Waals surface area contributed by atoms with Crippen molar-refractivity contribution >= 4 is 11.9 Å². The highest BCUT2D eigenvalue weighted by Crippen LogP contribution is 2.13. The van der Waals surface area contributed by atoms with E-state index in [1.165, 1.54) is 0 Å². The third-order valence-electron chi connectivity index (χ3n) is 2.86. The van der Waals surface area contributed by atoms with E-state index in [0.717, 1.165) is 5.56 Å². The van der Waals surface area contributed by atoms with Crippen molar-refractivity contribution in [1.29, 1.82) is 0 Å². The van der Waals surface area contributed by atoms with Gasteiger partial charge < -0.3 is 15.2 Å². The van der Waals surface area contributed by atoms with Gasteiger partial charge in [-0.2, -0.15) is 0 Å². The maximum Gasteiger partial charge on any atom is 0.407 e. The Bertz CT molecular complexity index is 453. The van der Waals surface area contributed by atoms with Crippen molar-refractivity contribution in [1.82, 2.24) is 5.32 Å². The van der Waals surface area contributed by atoms with E-state index in [1.54, 1.807) is 45.0 Å². The molecule has 0 spiro atoms. The van der Waals surface area contributed by atoms with Crippen LogP contribution in [0.4, 0.5) is 4.79 Å². The molecular formula is C15H21NO4. The van der Waals surface area contributed by atoms with Crippen LogP contribution in [0.3, 0.4) is 0 Å². The monoisotopic (exact) mass is 279 g/mol. The van der Waals surface area contributed by atoms with E-state index in [0.29, 0.717) is 6.42 Å². The van der Waals surface area contributed by atoms with Gasteiger partial charge in [0.15, 0.2) is 5.78 Å². The van der Waals surface area contributed by atoms with Crippen LogP contribution in [0.5, 0.6) is 5.75 Å². The molecule has 0 aliphatic heterocycles. The molecule has 5 heteroatoms. The van der Waals surface area contributed by atoms with Gasteiger partial charge in [0.05, 0.1) is 12.6 Å². The predicted octanol–water partition coefficient (Wildman–Crippen LogP) is 2.27. The smallest absolute Gasteiger partial charge is 0.407 e. The number of hydrogen-bond donors (Lipinski definition) is 2. The number of amides is 1. The first kappa shape index (κ1) is 16.0. The molecular weight excluding hydrogens is 258 g/mol. The van der Waals surface area contributed by atoms with E-state index >= 15 is 0 Å². The van der Waals surface area contributed by atoms with Crippen molar-refractivity contribution in [3.63, 3.8) is 0 Å². The summed E-state index contributed by atoms with van der Waals surface area (Å²) in [5, 5.41) is 11.8. The molecule has 0 aliphatic carbocycles. The molecule has 1 aromatic carbocycles. The third kappa shape index (κ3) is 4.91. The minimum atomic E-state index is -0.626. The minimum absolute atomic E-state index is 0.0499. The number of carbonyl (C=O) groups is 2.